The molecule has 1 saturated carbocycles. The minimum Gasteiger partial charge on any atom is -0.481 e. The summed E-state index contributed by atoms with van der Waals surface area (Å²) in [6.07, 6.45) is 2.56. The zero-order chi connectivity index (χ0) is 14.7. The highest BCUT2D eigenvalue weighted by atomic mass is 16.4. The Bertz CT molecular complexity index is 365. The van der Waals surface area contributed by atoms with Crippen LogP contribution in [0.4, 0.5) is 4.79 Å². The molecule has 0 spiro atoms. The lowest BCUT2D eigenvalue weighted by Gasteiger charge is -2.41. The molecule has 1 saturated heterocycles. The molecular formula is C14H25N3O3. The third kappa shape index (κ3) is 3.62. The van der Waals surface area contributed by atoms with Crippen LogP contribution >= 0.6 is 0 Å². The highest BCUT2D eigenvalue weighted by Gasteiger charge is 2.37. The number of rotatable bonds is 7. The lowest BCUT2D eigenvalue weighted by molar-refractivity contribution is -0.144. The van der Waals surface area contributed by atoms with Gasteiger partial charge in [0.05, 0.1) is 5.92 Å². The normalized spacial score (nSPS) is 20.6. The van der Waals surface area contributed by atoms with Crippen LogP contribution in [0.25, 0.3) is 0 Å². The number of carbonyl (C=O) groups excluding carboxylic acids is 1. The predicted molar refractivity (Wildman–Crippen MR) is 75.5 cm³/mol. The van der Waals surface area contributed by atoms with E-state index in [4.69, 9.17) is 5.11 Å². The summed E-state index contributed by atoms with van der Waals surface area (Å²) in [7, 11) is 0. The number of aliphatic carboxylic acids is 1. The summed E-state index contributed by atoms with van der Waals surface area (Å²) in [6, 6.07) is 0.660. The fraction of sp³-hybridized carbons (Fsp3) is 0.857. The Kier molecular flexibility index (Phi) is 4.86. The van der Waals surface area contributed by atoms with Crippen LogP contribution in [0.5, 0.6) is 0 Å². The van der Waals surface area contributed by atoms with Crippen molar-refractivity contribution in [1.82, 2.24) is 15.1 Å². The average molecular weight is 283 g/mol. The standard InChI is InChI=1S/C14H25N3O3/c1-3-16(12-4-5-12)7-6-15-14(20)17-8-11(9-17)10(2)13(18)19/h10-12H,3-9H2,1-2H3,(H,15,20)(H,18,19). The number of carbonyl (C=O) groups is 2. The zero-order valence-corrected chi connectivity index (χ0v) is 12.3. The van der Waals surface area contributed by atoms with Crippen molar-refractivity contribution in [2.24, 2.45) is 11.8 Å². The third-order valence-corrected chi connectivity index (χ3v) is 4.44. The van der Waals surface area contributed by atoms with Crippen molar-refractivity contribution in [2.75, 3.05) is 32.7 Å². The second kappa shape index (κ2) is 6.43. The maximum absolute atomic E-state index is 11.9. The van der Waals surface area contributed by atoms with Gasteiger partial charge in [0.2, 0.25) is 0 Å². The van der Waals surface area contributed by atoms with Crippen LogP contribution in [-0.4, -0.2) is 65.7 Å². The van der Waals surface area contributed by atoms with Gasteiger partial charge in [0.25, 0.3) is 0 Å². The number of hydrogen-bond donors (Lipinski definition) is 2. The molecule has 2 aliphatic rings. The summed E-state index contributed by atoms with van der Waals surface area (Å²) in [4.78, 5) is 26.8. The highest BCUT2D eigenvalue weighted by molar-refractivity contribution is 5.76. The first-order valence-corrected chi connectivity index (χ1v) is 7.52. The molecule has 1 aliphatic carbocycles. The van der Waals surface area contributed by atoms with Gasteiger partial charge in [-0.15, -0.1) is 0 Å². The van der Waals surface area contributed by atoms with E-state index in [-0.39, 0.29) is 17.9 Å². The van der Waals surface area contributed by atoms with Crippen LogP contribution in [0, 0.1) is 11.8 Å². The Morgan fingerprint density at radius 2 is 2.05 bits per heavy atom. The van der Waals surface area contributed by atoms with Gasteiger partial charge in [-0.3, -0.25) is 9.69 Å². The molecule has 0 aromatic rings. The van der Waals surface area contributed by atoms with E-state index in [1.807, 2.05) is 0 Å². The van der Waals surface area contributed by atoms with Crippen LogP contribution in [0.2, 0.25) is 0 Å². The molecule has 2 N–H and O–H groups in total. The Hall–Kier alpha value is -1.30. The van der Waals surface area contributed by atoms with Gasteiger partial charge in [0.1, 0.15) is 0 Å². The Labute approximate surface area is 120 Å². The average Bonchev–Trinajstić information content (AvgIpc) is 3.16. The van der Waals surface area contributed by atoms with E-state index in [1.165, 1.54) is 12.8 Å². The molecule has 0 radical (unpaired) electrons. The van der Waals surface area contributed by atoms with E-state index in [0.29, 0.717) is 19.6 Å². The molecule has 114 valence electrons. The molecule has 6 nitrogen and oxygen atoms in total. The number of urea groups is 1. The third-order valence-electron chi connectivity index (χ3n) is 4.44. The van der Waals surface area contributed by atoms with Crippen molar-refractivity contribution >= 4 is 12.0 Å². The molecule has 0 bridgehead atoms. The second-order valence-corrected chi connectivity index (χ2v) is 5.88. The molecule has 2 amide bonds. The Balaban J connectivity index is 1.61. The number of carboxylic acid groups (broad SMARTS) is 1. The zero-order valence-electron chi connectivity index (χ0n) is 12.3. The molecule has 0 aromatic heterocycles. The first kappa shape index (κ1) is 15.1. The molecule has 1 atom stereocenters. The summed E-state index contributed by atoms with van der Waals surface area (Å²) in [5, 5.41) is 11.8. The molecule has 1 unspecified atom stereocenters. The highest BCUT2D eigenvalue weighted by Crippen LogP contribution is 2.26. The van der Waals surface area contributed by atoms with E-state index < -0.39 is 5.97 Å². The molecule has 0 aromatic carbocycles. The number of amides is 2. The number of likely N-dealkylation sites (N-methyl/N-ethyl adjacent to an activating group) is 1. The minimum atomic E-state index is -0.780. The van der Waals surface area contributed by atoms with Crippen molar-refractivity contribution in [3.05, 3.63) is 0 Å². The number of nitrogens with one attached hydrogen (secondary N) is 1. The van der Waals surface area contributed by atoms with Gasteiger partial charge in [0, 0.05) is 38.1 Å². The van der Waals surface area contributed by atoms with Crippen molar-refractivity contribution in [3.8, 4) is 0 Å². The minimum absolute atomic E-state index is 0.0642. The van der Waals surface area contributed by atoms with Crippen LogP contribution < -0.4 is 5.32 Å². The molecule has 2 fully saturated rings. The van der Waals surface area contributed by atoms with Gasteiger partial charge in [-0.1, -0.05) is 13.8 Å². The maximum Gasteiger partial charge on any atom is 0.317 e. The molecule has 1 aliphatic heterocycles. The Morgan fingerprint density at radius 3 is 2.55 bits per heavy atom. The van der Waals surface area contributed by atoms with Gasteiger partial charge in [-0.2, -0.15) is 0 Å². The predicted octanol–water partition coefficient (Wildman–Crippen LogP) is 0.833. The van der Waals surface area contributed by atoms with Gasteiger partial charge in [-0.05, 0) is 19.4 Å². The van der Waals surface area contributed by atoms with Gasteiger partial charge in [-0.25, -0.2) is 4.79 Å². The number of likely N-dealkylation sites (tertiary alicyclic amines) is 1. The topological polar surface area (TPSA) is 72.9 Å². The fourth-order valence-corrected chi connectivity index (χ4v) is 2.65. The summed E-state index contributed by atoms with van der Waals surface area (Å²) >= 11 is 0. The summed E-state index contributed by atoms with van der Waals surface area (Å²) in [6.45, 7) is 7.56. The smallest absolute Gasteiger partial charge is 0.317 e. The number of nitrogens with zero attached hydrogens (tertiary/aromatic N) is 2. The second-order valence-electron chi connectivity index (χ2n) is 5.88. The molecule has 2 rings (SSSR count). The summed E-state index contributed by atoms with van der Waals surface area (Å²) in [5.74, 6) is -1.06. The van der Waals surface area contributed by atoms with Gasteiger partial charge in [0.15, 0.2) is 0 Å². The Morgan fingerprint density at radius 1 is 1.40 bits per heavy atom. The van der Waals surface area contributed by atoms with Crippen molar-refractivity contribution in [1.29, 1.82) is 0 Å². The monoisotopic (exact) mass is 283 g/mol. The first-order chi connectivity index (χ1) is 9.52. The van der Waals surface area contributed by atoms with Crippen LogP contribution in [-0.2, 0) is 4.79 Å². The van der Waals surface area contributed by atoms with Crippen LogP contribution in [0.3, 0.4) is 0 Å². The molecular weight excluding hydrogens is 258 g/mol. The maximum atomic E-state index is 11.9. The van der Waals surface area contributed by atoms with Gasteiger partial charge < -0.3 is 15.3 Å². The van der Waals surface area contributed by atoms with Crippen LogP contribution in [0.1, 0.15) is 26.7 Å². The number of hydrogen-bond acceptors (Lipinski definition) is 3. The lowest BCUT2D eigenvalue weighted by atomic mass is 9.87. The van der Waals surface area contributed by atoms with Crippen molar-refractivity contribution < 1.29 is 14.7 Å². The van der Waals surface area contributed by atoms with E-state index in [0.717, 1.165) is 19.1 Å². The van der Waals surface area contributed by atoms with E-state index in [1.54, 1.807) is 11.8 Å². The van der Waals surface area contributed by atoms with Crippen molar-refractivity contribution in [3.63, 3.8) is 0 Å². The molecule has 20 heavy (non-hydrogen) atoms. The first-order valence-electron chi connectivity index (χ1n) is 7.52. The number of carboxylic acids is 1. The SMILES string of the molecule is CCN(CCNC(=O)N1CC(C(C)C(=O)O)C1)C1CC1. The largest absolute Gasteiger partial charge is 0.481 e. The van der Waals surface area contributed by atoms with E-state index in [2.05, 4.69) is 17.1 Å². The summed E-state index contributed by atoms with van der Waals surface area (Å²) in [5.41, 5.74) is 0. The quantitative estimate of drug-likeness (QED) is 0.726. The fourth-order valence-electron chi connectivity index (χ4n) is 2.65. The van der Waals surface area contributed by atoms with Crippen molar-refractivity contribution in [2.45, 2.75) is 32.7 Å². The van der Waals surface area contributed by atoms with Gasteiger partial charge >= 0.3 is 12.0 Å². The summed E-state index contributed by atoms with van der Waals surface area (Å²) < 4.78 is 0. The van der Waals surface area contributed by atoms with Crippen LogP contribution in [0.15, 0.2) is 0 Å². The lowest BCUT2D eigenvalue weighted by Crippen LogP contribution is -2.57. The van der Waals surface area contributed by atoms with E-state index >= 15 is 0 Å². The van der Waals surface area contributed by atoms with E-state index in [9.17, 15) is 9.59 Å². The molecule has 1 heterocycles. The molecule has 6 heteroatoms.